The highest BCUT2D eigenvalue weighted by Gasteiger charge is 2.21. The van der Waals surface area contributed by atoms with E-state index in [9.17, 15) is 0 Å². The van der Waals surface area contributed by atoms with Crippen LogP contribution in [-0.4, -0.2) is 20.0 Å². The van der Waals surface area contributed by atoms with Gasteiger partial charge in [-0.25, -0.2) is 9.67 Å². The van der Waals surface area contributed by atoms with Crippen LogP contribution in [0.25, 0.3) is 11.0 Å². The van der Waals surface area contributed by atoms with Gasteiger partial charge in [0.15, 0.2) is 11.3 Å². The minimum Gasteiger partial charge on any atom is -0.384 e. The topological polar surface area (TPSA) is 95.6 Å². The summed E-state index contributed by atoms with van der Waals surface area (Å²) in [5.41, 5.74) is 15.3. The molecule has 0 atom stereocenters. The fourth-order valence-corrected chi connectivity index (χ4v) is 2.92. The molecule has 4 N–H and O–H groups in total. The normalized spacial score (nSPS) is 11.2. The molecule has 0 aliphatic heterocycles. The summed E-state index contributed by atoms with van der Waals surface area (Å²) < 4.78 is 1.84. The Morgan fingerprint density at radius 3 is 2.00 bits per heavy atom. The van der Waals surface area contributed by atoms with Crippen molar-refractivity contribution in [3.05, 3.63) is 77.9 Å². The first-order valence-electron chi connectivity index (χ1n) is 7.61. The lowest BCUT2D eigenvalue weighted by atomic mass is 9.99. The van der Waals surface area contributed by atoms with Crippen LogP contribution in [0.1, 0.15) is 17.2 Å². The summed E-state index contributed by atoms with van der Waals surface area (Å²) in [6, 6.07) is 21.9. The zero-order chi connectivity index (χ0) is 16.5. The van der Waals surface area contributed by atoms with Crippen molar-refractivity contribution in [1.82, 2.24) is 20.0 Å². The largest absolute Gasteiger partial charge is 0.384 e. The highest BCUT2D eigenvalue weighted by atomic mass is 15.4. The first-order valence-corrected chi connectivity index (χ1v) is 7.61. The molecular weight excluding hydrogens is 300 g/mol. The summed E-state index contributed by atoms with van der Waals surface area (Å²) in [7, 11) is 0. The van der Waals surface area contributed by atoms with Gasteiger partial charge in [-0.15, -0.1) is 5.10 Å². The van der Waals surface area contributed by atoms with Gasteiger partial charge in [-0.3, -0.25) is 0 Å². The average Bonchev–Trinajstić information content (AvgIpc) is 3.01. The molecule has 0 saturated carbocycles. The Bertz CT molecular complexity index is 939. The van der Waals surface area contributed by atoms with E-state index < -0.39 is 0 Å². The first-order chi connectivity index (χ1) is 11.7. The van der Waals surface area contributed by atoms with Crippen molar-refractivity contribution in [2.45, 2.75) is 6.04 Å². The Labute approximate surface area is 138 Å². The Balaban J connectivity index is 1.98. The van der Waals surface area contributed by atoms with E-state index in [-0.39, 0.29) is 11.9 Å². The highest BCUT2D eigenvalue weighted by Crippen LogP contribution is 2.30. The van der Waals surface area contributed by atoms with Crippen LogP contribution in [-0.2, 0) is 0 Å². The van der Waals surface area contributed by atoms with E-state index in [0.717, 1.165) is 16.6 Å². The molecule has 6 nitrogen and oxygen atoms in total. The van der Waals surface area contributed by atoms with Crippen LogP contribution in [0.15, 0.2) is 66.7 Å². The van der Waals surface area contributed by atoms with Crippen molar-refractivity contribution in [1.29, 1.82) is 0 Å². The molecular formula is C18H16N6. The minimum absolute atomic E-state index is 0.126. The van der Waals surface area contributed by atoms with Crippen LogP contribution >= 0.6 is 0 Å². The molecule has 2 aromatic carbocycles. The first kappa shape index (κ1) is 14.2. The third kappa shape index (κ3) is 2.34. The van der Waals surface area contributed by atoms with Gasteiger partial charge in [0.25, 0.3) is 0 Å². The molecule has 118 valence electrons. The molecule has 0 unspecified atom stereocenters. The molecule has 4 aromatic rings. The number of pyridine rings is 1. The number of hydrogen-bond donors (Lipinski definition) is 2. The number of hydrogen-bond acceptors (Lipinski definition) is 5. The molecule has 0 amide bonds. The molecule has 0 fully saturated rings. The number of nitrogen functional groups attached to an aromatic ring is 2. The van der Waals surface area contributed by atoms with Gasteiger partial charge < -0.3 is 11.5 Å². The third-order valence-corrected chi connectivity index (χ3v) is 3.98. The van der Waals surface area contributed by atoms with Gasteiger partial charge in [0.2, 0.25) is 0 Å². The van der Waals surface area contributed by atoms with Crippen molar-refractivity contribution in [2.24, 2.45) is 0 Å². The number of aromatic nitrogens is 4. The molecule has 0 saturated heterocycles. The number of benzene rings is 2. The lowest BCUT2D eigenvalue weighted by Gasteiger charge is -2.19. The van der Waals surface area contributed by atoms with Crippen LogP contribution in [0, 0.1) is 0 Å². The van der Waals surface area contributed by atoms with E-state index in [1.807, 2.05) is 41.1 Å². The van der Waals surface area contributed by atoms with Gasteiger partial charge in [-0.2, -0.15) is 0 Å². The van der Waals surface area contributed by atoms with E-state index in [1.165, 1.54) is 0 Å². The summed E-state index contributed by atoms with van der Waals surface area (Å²) >= 11 is 0. The quantitative estimate of drug-likeness (QED) is 0.606. The van der Waals surface area contributed by atoms with Crippen molar-refractivity contribution < 1.29 is 0 Å². The van der Waals surface area contributed by atoms with Gasteiger partial charge in [-0.05, 0) is 11.1 Å². The second-order valence-electron chi connectivity index (χ2n) is 5.56. The van der Waals surface area contributed by atoms with Crippen molar-refractivity contribution >= 4 is 22.7 Å². The molecule has 0 radical (unpaired) electrons. The smallest absolute Gasteiger partial charge is 0.156 e. The van der Waals surface area contributed by atoms with Crippen LogP contribution < -0.4 is 11.5 Å². The molecule has 0 spiro atoms. The Hall–Kier alpha value is -3.41. The minimum atomic E-state index is -0.126. The maximum Gasteiger partial charge on any atom is 0.156 e. The fourth-order valence-electron chi connectivity index (χ4n) is 2.92. The average molecular weight is 316 g/mol. The van der Waals surface area contributed by atoms with E-state index >= 15 is 0 Å². The molecule has 4 rings (SSSR count). The Morgan fingerprint density at radius 2 is 1.42 bits per heavy atom. The number of fused-ring (bicyclic) bond motifs is 1. The summed E-state index contributed by atoms with van der Waals surface area (Å²) in [4.78, 5) is 4.06. The summed E-state index contributed by atoms with van der Waals surface area (Å²) in [5.74, 6) is 0.638. The SMILES string of the molecule is Nc1cc2c(nnn2C(c2ccccc2)c2ccccc2)c(N)n1. The second-order valence-corrected chi connectivity index (χ2v) is 5.56. The van der Waals surface area contributed by atoms with Gasteiger partial charge in [0.1, 0.15) is 11.9 Å². The van der Waals surface area contributed by atoms with E-state index in [2.05, 4.69) is 39.6 Å². The van der Waals surface area contributed by atoms with Crippen molar-refractivity contribution in [3.8, 4) is 0 Å². The lowest BCUT2D eigenvalue weighted by molar-refractivity contribution is 0.589. The molecule has 2 aromatic heterocycles. The van der Waals surface area contributed by atoms with Crippen LogP contribution in [0.4, 0.5) is 11.6 Å². The number of rotatable bonds is 3. The second kappa shape index (κ2) is 5.66. The van der Waals surface area contributed by atoms with Crippen molar-refractivity contribution in [3.63, 3.8) is 0 Å². The van der Waals surface area contributed by atoms with E-state index in [1.54, 1.807) is 6.07 Å². The van der Waals surface area contributed by atoms with E-state index in [4.69, 9.17) is 11.5 Å². The van der Waals surface area contributed by atoms with Crippen LogP contribution in [0.3, 0.4) is 0 Å². The Kier molecular flexibility index (Phi) is 3.35. The predicted molar refractivity (Wildman–Crippen MR) is 94.3 cm³/mol. The standard InChI is InChI=1S/C18H16N6/c19-15-11-14-16(18(20)21-15)22-23-24(14)17(12-7-3-1-4-8-12)13-9-5-2-6-10-13/h1-11,17H,(H4,19,20,21). The van der Waals surface area contributed by atoms with Gasteiger partial charge in [0, 0.05) is 6.07 Å². The molecule has 0 aliphatic carbocycles. The van der Waals surface area contributed by atoms with E-state index in [0.29, 0.717) is 11.3 Å². The van der Waals surface area contributed by atoms with Crippen molar-refractivity contribution in [2.75, 3.05) is 11.5 Å². The molecule has 0 aliphatic rings. The molecule has 6 heteroatoms. The lowest BCUT2D eigenvalue weighted by Crippen LogP contribution is -2.14. The third-order valence-electron chi connectivity index (χ3n) is 3.98. The highest BCUT2D eigenvalue weighted by molar-refractivity contribution is 5.86. The number of nitrogens with zero attached hydrogens (tertiary/aromatic N) is 4. The van der Waals surface area contributed by atoms with Crippen LogP contribution in [0.2, 0.25) is 0 Å². The van der Waals surface area contributed by atoms with Gasteiger partial charge in [-0.1, -0.05) is 65.9 Å². The summed E-state index contributed by atoms with van der Waals surface area (Å²) in [6.07, 6.45) is 0. The summed E-state index contributed by atoms with van der Waals surface area (Å²) in [6.45, 7) is 0. The predicted octanol–water partition coefficient (Wildman–Crippen LogP) is 2.63. The maximum atomic E-state index is 5.94. The van der Waals surface area contributed by atoms with Gasteiger partial charge >= 0.3 is 0 Å². The molecule has 24 heavy (non-hydrogen) atoms. The monoisotopic (exact) mass is 316 g/mol. The maximum absolute atomic E-state index is 5.94. The fraction of sp³-hybridized carbons (Fsp3) is 0.0556. The zero-order valence-corrected chi connectivity index (χ0v) is 12.9. The summed E-state index contributed by atoms with van der Waals surface area (Å²) in [5, 5.41) is 8.54. The molecule has 0 bridgehead atoms. The van der Waals surface area contributed by atoms with Gasteiger partial charge in [0.05, 0.1) is 5.52 Å². The Morgan fingerprint density at radius 1 is 0.833 bits per heavy atom. The number of nitrogens with two attached hydrogens (primary N) is 2. The molecule has 2 heterocycles. The number of anilines is 2. The zero-order valence-electron chi connectivity index (χ0n) is 12.9. The van der Waals surface area contributed by atoms with Crippen LogP contribution in [0.5, 0.6) is 0 Å².